The lowest BCUT2D eigenvalue weighted by Crippen LogP contribution is -2.56. The molecule has 0 fully saturated rings. The summed E-state index contributed by atoms with van der Waals surface area (Å²) in [6, 6.07) is 9.05. The van der Waals surface area contributed by atoms with Crippen molar-refractivity contribution in [3.05, 3.63) is 64.7 Å². The minimum atomic E-state index is -1.20. The van der Waals surface area contributed by atoms with Gasteiger partial charge in [-0.15, -0.1) is 0 Å². The number of methoxy groups -OCH3 is 1. The molecule has 2 rings (SSSR count). The fourth-order valence-electron chi connectivity index (χ4n) is 5.51. The van der Waals surface area contributed by atoms with Crippen molar-refractivity contribution in [1.29, 1.82) is 0 Å². The quantitative estimate of drug-likeness (QED) is 0.0767. The van der Waals surface area contributed by atoms with Gasteiger partial charge in [-0.2, -0.15) is 0 Å². The van der Waals surface area contributed by atoms with Gasteiger partial charge in [0.1, 0.15) is 11.8 Å². The third-order valence-electron chi connectivity index (χ3n) is 8.70. The number of ether oxygens (including phenoxy) is 3. The maximum absolute atomic E-state index is 13.9. The van der Waals surface area contributed by atoms with Gasteiger partial charge in [0.15, 0.2) is 0 Å². The molecule has 0 spiro atoms. The molecule has 2 aromatic rings. The number of imide groups is 1. The molecule has 0 heterocycles. The van der Waals surface area contributed by atoms with Crippen LogP contribution in [0.2, 0.25) is 0 Å². The Bertz CT molecular complexity index is 1640. The Morgan fingerprint density at radius 2 is 1.56 bits per heavy atom. The summed E-state index contributed by atoms with van der Waals surface area (Å²) in [5.74, 6) is -2.56. The van der Waals surface area contributed by atoms with Crippen LogP contribution in [0.1, 0.15) is 68.2 Å². The smallest absolute Gasteiger partial charge is 0.469 e. The molecule has 0 radical (unpaired) electrons. The van der Waals surface area contributed by atoms with Crippen molar-refractivity contribution in [2.45, 2.75) is 90.8 Å². The molecular weight excluding hydrogens is 731 g/mol. The van der Waals surface area contributed by atoms with E-state index in [0.29, 0.717) is 47.3 Å². The second kappa shape index (κ2) is 24.0. The molecule has 0 aromatic heterocycles. The first-order valence-electron chi connectivity index (χ1n) is 18.3. The van der Waals surface area contributed by atoms with E-state index in [2.05, 4.69) is 10.6 Å². The predicted octanol–water partition coefficient (Wildman–Crippen LogP) is 2.37. The van der Waals surface area contributed by atoms with Crippen LogP contribution in [-0.4, -0.2) is 102 Å². The van der Waals surface area contributed by atoms with Crippen LogP contribution >= 0.6 is 0 Å². The largest absolute Gasteiger partial charge is 0.513 e. The number of hydrogen-bond donors (Lipinski definition) is 4. The van der Waals surface area contributed by atoms with E-state index in [9.17, 15) is 33.0 Å². The van der Waals surface area contributed by atoms with Gasteiger partial charge < -0.3 is 35.9 Å². The average molecular weight is 788 g/mol. The lowest BCUT2D eigenvalue weighted by atomic mass is 9.98. The summed E-state index contributed by atoms with van der Waals surface area (Å²) in [4.78, 5) is 79.1. The van der Waals surface area contributed by atoms with E-state index < -0.39 is 65.3 Å². The number of nitrogens with two attached hydrogens (primary N) is 2. The summed E-state index contributed by atoms with van der Waals surface area (Å²) >= 11 is 0. The van der Waals surface area contributed by atoms with Crippen LogP contribution in [0.15, 0.2) is 42.5 Å². The summed E-state index contributed by atoms with van der Waals surface area (Å²) in [5.41, 5.74) is 14.9. The number of carbonyl (C=O) groups is 6. The van der Waals surface area contributed by atoms with Crippen LogP contribution in [0.5, 0.6) is 5.75 Å². The standard InChI is InChI=1S/C39H57N5O10S/c1-25(2)24-53-39(50)54-35-26(3)16-17-29(27(35)4)22-31(41)36(47)42-23-33(45)44(19-12-8-11-15-34(46)52-5)32(21-28-13-9-7-10-14-28)38(49)43-37(48)30(40)18-20-55(6)51/h7,9-10,13-14,16-17,25,30-32H,8,11-12,15,18-24,40-41H2,1-6H3,(H,42,47)(H,43,48,49)/t30?,31-,32-,55?/m0/s1. The van der Waals surface area contributed by atoms with Crippen LogP contribution in [0, 0.1) is 19.8 Å². The van der Waals surface area contributed by atoms with Crippen LogP contribution < -0.4 is 26.8 Å². The van der Waals surface area contributed by atoms with Crippen molar-refractivity contribution in [3.63, 3.8) is 0 Å². The van der Waals surface area contributed by atoms with Crippen molar-refractivity contribution >= 4 is 46.6 Å². The molecule has 4 atom stereocenters. The molecule has 2 aromatic carbocycles. The van der Waals surface area contributed by atoms with Gasteiger partial charge in [-0.1, -0.05) is 62.7 Å². The molecule has 16 heteroatoms. The van der Waals surface area contributed by atoms with E-state index >= 15 is 0 Å². The van der Waals surface area contributed by atoms with Gasteiger partial charge in [-0.3, -0.25) is 33.5 Å². The fraction of sp³-hybridized carbons (Fsp3) is 0.538. The van der Waals surface area contributed by atoms with Gasteiger partial charge >= 0.3 is 12.1 Å². The van der Waals surface area contributed by atoms with Crippen LogP contribution in [0.25, 0.3) is 0 Å². The van der Waals surface area contributed by atoms with Gasteiger partial charge in [0.2, 0.25) is 23.6 Å². The molecule has 2 unspecified atom stereocenters. The Morgan fingerprint density at radius 1 is 0.873 bits per heavy atom. The Morgan fingerprint density at radius 3 is 2.20 bits per heavy atom. The van der Waals surface area contributed by atoms with Gasteiger partial charge in [0, 0.05) is 42.2 Å². The van der Waals surface area contributed by atoms with E-state index in [1.165, 1.54) is 18.3 Å². The number of unbranched alkanes of at least 4 members (excludes halogenated alkanes) is 2. The number of nitrogens with zero attached hydrogens (tertiary/aromatic N) is 1. The normalized spacial score (nSPS) is 13.2. The van der Waals surface area contributed by atoms with E-state index in [1.807, 2.05) is 13.8 Å². The molecule has 0 aliphatic heterocycles. The van der Waals surface area contributed by atoms with Gasteiger partial charge in [0.25, 0.3) is 0 Å². The molecule has 6 N–H and O–H groups in total. The first-order chi connectivity index (χ1) is 26.0. The maximum atomic E-state index is 13.9. The topological polar surface area (TPSA) is 227 Å². The molecule has 0 aliphatic carbocycles. The van der Waals surface area contributed by atoms with Gasteiger partial charge in [-0.05, 0) is 67.7 Å². The van der Waals surface area contributed by atoms with E-state index in [1.54, 1.807) is 56.3 Å². The van der Waals surface area contributed by atoms with Crippen molar-refractivity contribution in [3.8, 4) is 5.75 Å². The zero-order valence-corrected chi connectivity index (χ0v) is 33.5. The second-order valence-electron chi connectivity index (χ2n) is 13.8. The molecular formula is C39H57N5O10S. The Labute approximate surface area is 326 Å². The average Bonchev–Trinajstić information content (AvgIpc) is 3.15. The Hall–Kier alpha value is -4.67. The van der Waals surface area contributed by atoms with Gasteiger partial charge in [-0.25, -0.2) is 4.79 Å². The van der Waals surface area contributed by atoms with Crippen LogP contribution in [0.3, 0.4) is 0 Å². The zero-order chi connectivity index (χ0) is 41.1. The van der Waals surface area contributed by atoms with Crippen molar-refractivity contribution in [2.75, 3.05) is 38.8 Å². The highest BCUT2D eigenvalue weighted by Gasteiger charge is 2.32. The number of carbonyl (C=O) groups excluding carboxylic acids is 6. The highest BCUT2D eigenvalue weighted by Crippen LogP contribution is 2.27. The van der Waals surface area contributed by atoms with E-state index in [-0.39, 0.29) is 56.5 Å². The zero-order valence-electron chi connectivity index (χ0n) is 32.7. The van der Waals surface area contributed by atoms with E-state index in [4.69, 9.17) is 25.7 Å². The predicted molar refractivity (Wildman–Crippen MR) is 208 cm³/mol. The number of nitrogens with one attached hydrogen (secondary N) is 2. The monoisotopic (exact) mass is 787 g/mol. The second-order valence-corrected chi connectivity index (χ2v) is 15.3. The summed E-state index contributed by atoms with van der Waals surface area (Å²) in [7, 11) is 0.101. The number of aryl methyl sites for hydroxylation is 1. The minimum Gasteiger partial charge on any atom is -0.469 e. The fourth-order valence-corrected chi connectivity index (χ4v) is 6.09. The first kappa shape index (κ1) is 46.5. The third kappa shape index (κ3) is 16.7. The van der Waals surface area contributed by atoms with Crippen LogP contribution in [-0.2, 0) is 57.1 Å². The molecule has 304 valence electrons. The minimum absolute atomic E-state index is 0.0393. The highest BCUT2D eigenvalue weighted by atomic mass is 32.2. The maximum Gasteiger partial charge on any atom is 0.513 e. The van der Waals surface area contributed by atoms with Crippen molar-refractivity contribution < 1.29 is 47.2 Å². The number of benzene rings is 2. The lowest BCUT2D eigenvalue weighted by Gasteiger charge is -2.31. The summed E-state index contributed by atoms with van der Waals surface area (Å²) in [5, 5.41) is 4.91. The van der Waals surface area contributed by atoms with Crippen LogP contribution in [0.4, 0.5) is 4.79 Å². The molecule has 55 heavy (non-hydrogen) atoms. The molecule has 4 amide bonds. The summed E-state index contributed by atoms with van der Waals surface area (Å²) in [6.45, 7) is 7.07. The van der Waals surface area contributed by atoms with Crippen molar-refractivity contribution in [2.24, 2.45) is 17.4 Å². The molecule has 0 bridgehead atoms. The molecule has 0 saturated carbocycles. The summed E-state index contributed by atoms with van der Waals surface area (Å²) < 4.78 is 26.9. The number of amides is 4. The summed E-state index contributed by atoms with van der Waals surface area (Å²) in [6.07, 6.45) is 2.39. The number of hydrogen-bond acceptors (Lipinski definition) is 12. The SMILES string of the molecule is COC(=O)CCCCCN(C(=O)CNC(=O)[C@@H](N)Cc1ccc(C)c(OC(=O)OCC(C)C)c1C)[C@@H](Cc1ccccc1)C(=O)NC(=O)C(N)CCS(C)=O. The number of esters is 1. The first-order valence-corrected chi connectivity index (χ1v) is 20.0. The molecule has 0 saturated heterocycles. The number of rotatable bonds is 22. The Kier molecular flexibility index (Phi) is 20.3. The van der Waals surface area contributed by atoms with Gasteiger partial charge in [0.05, 0.1) is 32.3 Å². The highest BCUT2D eigenvalue weighted by molar-refractivity contribution is 7.84. The third-order valence-corrected chi connectivity index (χ3v) is 9.51. The molecule has 15 nitrogen and oxygen atoms in total. The van der Waals surface area contributed by atoms with E-state index in [0.717, 1.165) is 0 Å². The molecule has 0 aliphatic rings. The Balaban J connectivity index is 2.27. The lowest BCUT2D eigenvalue weighted by molar-refractivity contribution is -0.143. The van der Waals surface area contributed by atoms with Crippen molar-refractivity contribution in [1.82, 2.24) is 15.5 Å².